The molecule has 1 aromatic heterocycles. The van der Waals surface area contributed by atoms with Crippen LogP contribution in [0, 0.1) is 0 Å². The summed E-state index contributed by atoms with van der Waals surface area (Å²) >= 11 is 0. The molecule has 0 unspecified atom stereocenters. The average Bonchev–Trinajstić information content (AvgIpc) is 2.41. The van der Waals surface area contributed by atoms with Crippen molar-refractivity contribution in [1.82, 2.24) is 14.7 Å². The monoisotopic (exact) mass is 165 g/mol. The molecule has 0 saturated carbocycles. The van der Waals surface area contributed by atoms with Crippen LogP contribution in [0.1, 0.15) is 16.1 Å². The maximum Gasteiger partial charge on any atom is 0.272 e. The van der Waals surface area contributed by atoms with Gasteiger partial charge in [0.05, 0.1) is 6.20 Å². The molecule has 64 valence electrons. The van der Waals surface area contributed by atoms with Crippen LogP contribution in [0.4, 0.5) is 0 Å². The second-order valence-electron chi connectivity index (χ2n) is 3.12. The van der Waals surface area contributed by atoms with Gasteiger partial charge < -0.3 is 4.90 Å². The normalized spacial score (nSPS) is 16.5. The third kappa shape index (κ3) is 0.841. The van der Waals surface area contributed by atoms with Crippen LogP contribution in [0.15, 0.2) is 6.20 Å². The van der Waals surface area contributed by atoms with Gasteiger partial charge in [0, 0.05) is 26.2 Å². The van der Waals surface area contributed by atoms with E-state index in [-0.39, 0.29) is 5.91 Å². The van der Waals surface area contributed by atoms with Crippen molar-refractivity contribution in [2.24, 2.45) is 7.05 Å². The molecular weight excluding hydrogens is 154 g/mol. The molecule has 0 spiro atoms. The van der Waals surface area contributed by atoms with Gasteiger partial charge in [0.25, 0.3) is 5.91 Å². The summed E-state index contributed by atoms with van der Waals surface area (Å²) in [5, 5.41) is 4.05. The summed E-state index contributed by atoms with van der Waals surface area (Å²) in [6, 6.07) is 0. The zero-order valence-electron chi connectivity index (χ0n) is 7.24. The molecule has 2 heterocycles. The number of hydrogen-bond acceptors (Lipinski definition) is 2. The molecule has 12 heavy (non-hydrogen) atoms. The summed E-state index contributed by atoms with van der Waals surface area (Å²) < 4.78 is 1.65. The summed E-state index contributed by atoms with van der Waals surface area (Å²) in [5.74, 6) is 0.0799. The SMILES string of the molecule is CN1CCc2cnn(C)c2C1=O. The van der Waals surface area contributed by atoms with E-state index in [0.29, 0.717) is 0 Å². The Morgan fingerprint density at radius 2 is 2.25 bits per heavy atom. The maximum absolute atomic E-state index is 11.6. The smallest absolute Gasteiger partial charge is 0.272 e. The van der Waals surface area contributed by atoms with Crippen molar-refractivity contribution < 1.29 is 4.79 Å². The highest BCUT2D eigenvalue weighted by molar-refractivity contribution is 5.94. The topological polar surface area (TPSA) is 38.1 Å². The van der Waals surface area contributed by atoms with Crippen LogP contribution in [0.3, 0.4) is 0 Å². The summed E-state index contributed by atoms with van der Waals surface area (Å²) in [7, 11) is 3.62. The minimum atomic E-state index is 0.0799. The fraction of sp³-hybridized carbons (Fsp3) is 0.500. The summed E-state index contributed by atoms with van der Waals surface area (Å²) in [6.45, 7) is 0.803. The van der Waals surface area contributed by atoms with E-state index in [2.05, 4.69) is 5.10 Å². The van der Waals surface area contributed by atoms with E-state index >= 15 is 0 Å². The molecule has 0 saturated heterocycles. The van der Waals surface area contributed by atoms with Gasteiger partial charge in [-0.15, -0.1) is 0 Å². The van der Waals surface area contributed by atoms with Crippen LogP contribution in [-0.4, -0.2) is 34.2 Å². The molecule has 0 N–H and O–H groups in total. The first-order valence-electron chi connectivity index (χ1n) is 3.96. The quantitative estimate of drug-likeness (QED) is 0.544. The van der Waals surface area contributed by atoms with Gasteiger partial charge in [0.15, 0.2) is 0 Å². The van der Waals surface area contributed by atoms with E-state index in [0.717, 1.165) is 24.2 Å². The number of likely N-dealkylation sites (N-methyl/N-ethyl adjacent to an activating group) is 1. The molecule has 1 aliphatic heterocycles. The molecule has 0 atom stereocenters. The van der Waals surface area contributed by atoms with Gasteiger partial charge in [-0.2, -0.15) is 5.10 Å². The first-order chi connectivity index (χ1) is 5.70. The van der Waals surface area contributed by atoms with E-state index in [1.165, 1.54) is 0 Å². The average molecular weight is 165 g/mol. The van der Waals surface area contributed by atoms with Crippen molar-refractivity contribution in [2.45, 2.75) is 6.42 Å². The number of carbonyl (C=O) groups excluding carboxylic acids is 1. The number of aryl methyl sites for hydroxylation is 1. The Morgan fingerprint density at radius 3 is 3.00 bits per heavy atom. The summed E-state index contributed by atoms with van der Waals surface area (Å²) in [4.78, 5) is 13.3. The van der Waals surface area contributed by atoms with Crippen molar-refractivity contribution in [1.29, 1.82) is 0 Å². The van der Waals surface area contributed by atoms with Crippen LogP contribution in [0.2, 0.25) is 0 Å². The highest BCUT2D eigenvalue weighted by atomic mass is 16.2. The molecule has 0 radical (unpaired) electrons. The number of carbonyl (C=O) groups is 1. The molecule has 4 heteroatoms. The molecule has 4 nitrogen and oxygen atoms in total. The maximum atomic E-state index is 11.6. The van der Waals surface area contributed by atoms with Crippen LogP contribution in [-0.2, 0) is 13.5 Å². The molecule has 0 aliphatic carbocycles. The molecule has 1 aliphatic rings. The predicted octanol–water partition coefficient (Wildman–Crippen LogP) is 0.0482. The van der Waals surface area contributed by atoms with E-state index in [4.69, 9.17) is 0 Å². The number of aromatic nitrogens is 2. The van der Waals surface area contributed by atoms with Gasteiger partial charge in [-0.25, -0.2) is 0 Å². The Bertz CT molecular complexity index is 329. The highest BCUT2D eigenvalue weighted by Gasteiger charge is 2.24. The second-order valence-corrected chi connectivity index (χ2v) is 3.12. The molecule has 1 aromatic rings. The molecule has 0 bridgehead atoms. The zero-order valence-corrected chi connectivity index (χ0v) is 7.24. The standard InChI is InChI=1S/C8H11N3O/c1-10-4-3-6-5-9-11(2)7(6)8(10)12/h5H,3-4H2,1-2H3. The Balaban J connectivity index is 2.53. The summed E-state index contributed by atoms with van der Waals surface area (Å²) in [6.07, 6.45) is 2.70. The predicted molar refractivity (Wildman–Crippen MR) is 43.9 cm³/mol. The van der Waals surface area contributed by atoms with Gasteiger partial charge in [-0.05, 0) is 6.42 Å². The van der Waals surface area contributed by atoms with E-state index in [9.17, 15) is 4.79 Å². The lowest BCUT2D eigenvalue weighted by Crippen LogP contribution is -2.35. The molecule has 0 aromatic carbocycles. The molecule has 2 rings (SSSR count). The lowest BCUT2D eigenvalue weighted by Gasteiger charge is -2.22. The van der Waals surface area contributed by atoms with Gasteiger partial charge in [0.2, 0.25) is 0 Å². The number of amides is 1. The summed E-state index contributed by atoms with van der Waals surface area (Å²) in [5.41, 5.74) is 1.81. The van der Waals surface area contributed by atoms with Crippen LogP contribution < -0.4 is 0 Å². The Hall–Kier alpha value is -1.32. The van der Waals surface area contributed by atoms with Gasteiger partial charge in [0.1, 0.15) is 5.69 Å². The number of nitrogens with zero attached hydrogens (tertiary/aromatic N) is 3. The fourth-order valence-electron chi connectivity index (χ4n) is 1.51. The van der Waals surface area contributed by atoms with Crippen LogP contribution in [0.5, 0.6) is 0 Å². The van der Waals surface area contributed by atoms with E-state index < -0.39 is 0 Å². The second kappa shape index (κ2) is 2.33. The van der Waals surface area contributed by atoms with Crippen molar-refractivity contribution >= 4 is 5.91 Å². The first-order valence-corrected chi connectivity index (χ1v) is 3.96. The largest absolute Gasteiger partial charge is 0.340 e. The highest BCUT2D eigenvalue weighted by Crippen LogP contribution is 2.15. The zero-order chi connectivity index (χ0) is 8.72. The lowest BCUT2D eigenvalue weighted by molar-refractivity contribution is 0.0769. The first kappa shape index (κ1) is 7.34. The van der Waals surface area contributed by atoms with Gasteiger partial charge >= 0.3 is 0 Å². The van der Waals surface area contributed by atoms with Crippen molar-refractivity contribution in [3.63, 3.8) is 0 Å². The third-order valence-electron chi connectivity index (χ3n) is 2.28. The van der Waals surface area contributed by atoms with Gasteiger partial charge in [-0.1, -0.05) is 0 Å². The van der Waals surface area contributed by atoms with E-state index in [1.54, 1.807) is 22.8 Å². The number of rotatable bonds is 0. The molecule has 0 fully saturated rings. The Kier molecular flexibility index (Phi) is 1.43. The van der Waals surface area contributed by atoms with Crippen molar-refractivity contribution in [3.05, 3.63) is 17.5 Å². The number of hydrogen-bond donors (Lipinski definition) is 0. The third-order valence-corrected chi connectivity index (χ3v) is 2.28. The minimum absolute atomic E-state index is 0.0799. The Morgan fingerprint density at radius 1 is 1.50 bits per heavy atom. The fourth-order valence-corrected chi connectivity index (χ4v) is 1.51. The Labute approximate surface area is 70.8 Å². The molecular formula is C8H11N3O. The van der Waals surface area contributed by atoms with Gasteiger partial charge in [-0.3, -0.25) is 9.48 Å². The van der Waals surface area contributed by atoms with Crippen molar-refractivity contribution in [3.8, 4) is 0 Å². The van der Waals surface area contributed by atoms with Crippen LogP contribution in [0.25, 0.3) is 0 Å². The van der Waals surface area contributed by atoms with Crippen molar-refractivity contribution in [2.75, 3.05) is 13.6 Å². The van der Waals surface area contributed by atoms with Crippen LogP contribution >= 0.6 is 0 Å². The number of fused-ring (bicyclic) bond motifs is 1. The molecule has 1 amide bonds. The lowest BCUT2D eigenvalue weighted by atomic mass is 10.1. The minimum Gasteiger partial charge on any atom is -0.340 e. The van der Waals surface area contributed by atoms with E-state index in [1.807, 2.05) is 7.05 Å².